The second-order valence-corrected chi connectivity index (χ2v) is 25.8. The molecule has 0 aromatic heterocycles. The molecule has 1 N–H and O–H groups in total. The first-order valence-corrected chi connectivity index (χ1v) is 25.7. The molecule has 5 heteroatoms. The van der Waals surface area contributed by atoms with E-state index in [1.54, 1.807) is 18.2 Å². The standard InChI is InChI=1S/C65H76BrFN2O/c1-60(2,3)42-18-27-48(28-19-42)68(49-29-20-43(21-30-49)61(4,5)6)52-35-36-53(56(67)41-52)54-38-46(26-37-58(54)70)65(16,17)55-39-47(64(13,14)15)40-57(59(55)66)69(50-31-22-44(23-32-50)62(7,8)9)51-33-24-45(25-34-51)63(10,11)12/h18-41,70H,1-17H3. The fourth-order valence-corrected chi connectivity index (χ4v) is 10.0. The molecule has 0 spiro atoms. The van der Waals surface area contributed by atoms with Crippen molar-refractivity contribution in [2.45, 2.75) is 150 Å². The molecule has 0 radical (unpaired) electrons. The highest BCUT2D eigenvalue weighted by Crippen LogP contribution is 2.49. The Morgan fingerprint density at radius 2 is 0.700 bits per heavy atom. The maximum atomic E-state index is 17.0. The van der Waals surface area contributed by atoms with E-state index < -0.39 is 11.2 Å². The lowest BCUT2D eigenvalue weighted by atomic mass is 9.74. The van der Waals surface area contributed by atoms with Gasteiger partial charge in [-0.15, -0.1) is 0 Å². The molecule has 7 aromatic rings. The number of nitrogens with zero attached hydrogens (tertiary/aromatic N) is 2. The summed E-state index contributed by atoms with van der Waals surface area (Å²) in [4.78, 5) is 4.46. The maximum absolute atomic E-state index is 17.0. The zero-order valence-electron chi connectivity index (χ0n) is 45.0. The Morgan fingerprint density at radius 1 is 0.357 bits per heavy atom. The fraction of sp³-hybridized carbons (Fsp3) is 0.354. The van der Waals surface area contributed by atoms with Crippen molar-refractivity contribution in [1.29, 1.82) is 0 Å². The summed E-state index contributed by atoms with van der Waals surface area (Å²) >= 11 is 4.22. The van der Waals surface area contributed by atoms with E-state index >= 15 is 4.39 Å². The number of anilines is 6. The van der Waals surface area contributed by atoms with E-state index in [1.165, 1.54) is 27.8 Å². The van der Waals surface area contributed by atoms with E-state index in [0.717, 1.165) is 44.0 Å². The van der Waals surface area contributed by atoms with Crippen LogP contribution >= 0.6 is 15.9 Å². The minimum Gasteiger partial charge on any atom is -0.507 e. The molecule has 7 aromatic carbocycles. The minimum absolute atomic E-state index is 0.00769. The van der Waals surface area contributed by atoms with Crippen molar-refractivity contribution in [1.82, 2.24) is 0 Å². The van der Waals surface area contributed by atoms with E-state index in [-0.39, 0.29) is 32.8 Å². The molecule has 0 heterocycles. The Labute approximate surface area is 429 Å². The van der Waals surface area contributed by atoms with Crippen molar-refractivity contribution in [3.63, 3.8) is 0 Å². The van der Waals surface area contributed by atoms with Crippen LogP contribution in [0.15, 0.2) is 150 Å². The molecule has 0 amide bonds. The first kappa shape index (κ1) is 52.2. The zero-order valence-corrected chi connectivity index (χ0v) is 46.5. The van der Waals surface area contributed by atoms with Crippen LogP contribution < -0.4 is 9.80 Å². The SMILES string of the molecule is CC(C)(C)c1ccc(N(c2ccc(C(C)(C)C)cc2)c2ccc(-c3cc(C(C)(C)c4cc(C(C)(C)C)cc(N(c5ccc(C(C)(C)C)cc5)c5ccc(C(C)(C)C)cc5)c4Br)ccc3O)c(F)c2)cc1. The average Bonchev–Trinajstić information content (AvgIpc) is 3.26. The third-order valence-corrected chi connectivity index (χ3v) is 14.9. The van der Waals surface area contributed by atoms with Crippen LogP contribution in [0.5, 0.6) is 5.75 Å². The molecule has 0 saturated heterocycles. The summed E-state index contributed by atoms with van der Waals surface area (Å²) in [6.07, 6.45) is 0. The second-order valence-electron chi connectivity index (χ2n) is 25.0. The van der Waals surface area contributed by atoms with Crippen LogP contribution in [0.3, 0.4) is 0 Å². The molecule has 0 unspecified atom stereocenters. The summed E-state index contributed by atoms with van der Waals surface area (Å²) in [6.45, 7) is 37.9. The van der Waals surface area contributed by atoms with Gasteiger partial charge in [-0.3, -0.25) is 0 Å². The highest BCUT2D eigenvalue weighted by molar-refractivity contribution is 9.10. The van der Waals surface area contributed by atoms with Gasteiger partial charge in [0.1, 0.15) is 11.6 Å². The Kier molecular flexibility index (Phi) is 14.0. The van der Waals surface area contributed by atoms with Gasteiger partial charge in [0.15, 0.2) is 0 Å². The van der Waals surface area contributed by atoms with E-state index in [0.29, 0.717) is 16.8 Å². The molecule has 0 atom stereocenters. The monoisotopic (exact) mass is 999 g/mol. The van der Waals surface area contributed by atoms with Crippen LogP contribution in [0.1, 0.15) is 157 Å². The predicted molar refractivity (Wildman–Crippen MR) is 303 cm³/mol. The van der Waals surface area contributed by atoms with Gasteiger partial charge < -0.3 is 14.9 Å². The van der Waals surface area contributed by atoms with Gasteiger partial charge in [-0.25, -0.2) is 4.39 Å². The van der Waals surface area contributed by atoms with Crippen molar-refractivity contribution in [2.75, 3.05) is 9.80 Å². The summed E-state index contributed by atoms with van der Waals surface area (Å²) < 4.78 is 18.0. The van der Waals surface area contributed by atoms with E-state index in [9.17, 15) is 5.11 Å². The lowest BCUT2D eigenvalue weighted by molar-refractivity contribution is 0.476. The first-order chi connectivity index (χ1) is 32.4. The molecular weight excluding hydrogens is 924 g/mol. The van der Waals surface area contributed by atoms with Gasteiger partial charge in [-0.1, -0.05) is 178 Å². The topological polar surface area (TPSA) is 26.7 Å². The lowest BCUT2D eigenvalue weighted by Gasteiger charge is -2.35. The largest absolute Gasteiger partial charge is 0.507 e. The van der Waals surface area contributed by atoms with Crippen LogP contribution in [0.4, 0.5) is 38.5 Å². The lowest BCUT2D eigenvalue weighted by Crippen LogP contribution is -2.24. The first-order valence-electron chi connectivity index (χ1n) is 24.9. The fourth-order valence-electron chi connectivity index (χ4n) is 9.13. The highest BCUT2D eigenvalue weighted by Gasteiger charge is 2.33. The molecular formula is C65H76BrFN2O. The number of rotatable bonds is 9. The number of hydrogen-bond acceptors (Lipinski definition) is 3. The molecule has 366 valence electrons. The van der Waals surface area contributed by atoms with Gasteiger partial charge in [-0.2, -0.15) is 0 Å². The third kappa shape index (κ3) is 11.0. The number of halogens is 2. The Bertz CT molecular complexity index is 2850. The Balaban J connectivity index is 1.35. The van der Waals surface area contributed by atoms with Gasteiger partial charge >= 0.3 is 0 Å². The maximum Gasteiger partial charge on any atom is 0.133 e. The van der Waals surface area contributed by atoms with Crippen molar-refractivity contribution in [2.24, 2.45) is 0 Å². The molecule has 0 saturated carbocycles. The third-order valence-electron chi connectivity index (χ3n) is 14.0. The molecule has 0 aliphatic rings. The van der Waals surface area contributed by atoms with E-state index in [2.05, 4.69) is 253 Å². The van der Waals surface area contributed by atoms with Crippen molar-refractivity contribution in [3.8, 4) is 16.9 Å². The van der Waals surface area contributed by atoms with Gasteiger partial charge in [0.2, 0.25) is 0 Å². The molecule has 0 bridgehead atoms. The molecule has 0 aliphatic heterocycles. The molecule has 7 rings (SSSR count). The molecule has 3 nitrogen and oxygen atoms in total. The molecule has 0 aliphatic carbocycles. The average molecular weight is 1000 g/mol. The molecule has 0 fully saturated rings. The second kappa shape index (κ2) is 18.8. The van der Waals surface area contributed by atoms with E-state index in [4.69, 9.17) is 0 Å². The highest BCUT2D eigenvalue weighted by atomic mass is 79.9. The predicted octanol–water partition coefficient (Wildman–Crippen LogP) is 19.7. The normalized spacial score (nSPS) is 12.8. The van der Waals surface area contributed by atoms with Crippen LogP contribution in [0.2, 0.25) is 0 Å². The van der Waals surface area contributed by atoms with Crippen molar-refractivity contribution < 1.29 is 9.50 Å². The number of aromatic hydroxyl groups is 1. The van der Waals surface area contributed by atoms with Crippen molar-refractivity contribution in [3.05, 3.63) is 195 Å². The zero-order chi connectivity index (χ0) is 51.5. The number of benzene rings is 7. The summed E-state index contributed by atoms with van der Waals surface area (Å²) in [5.41, 5.74) is 13.8. The number of phenolic OH excluding ortho intramolecular Hbond substituents is 1. The minimum atomic E-state index is -0.610. The Morgan fingerprint density at radius 3 is 1.06 bits per heavy atom. The molecule has 70 heavy (non-hydrogen) atoms. The Hall–Kier alpha value is -5.65. The smallest absolute Gasteiger partial charge is 0.133 e. The summed E-state index contributed by atoms with van der Waals surface area (Å²) in [7, 11) is 0. The number of hydrogen-bond donors (Lipinski definition) is 1. The summed E-state index contributed by atoms with van der Waals surface area (Å²) in [5.74, 6) is -0.403. The number of phenols is 1. The van der Waals surface area contributed by atoms with Gasteiger partial charge in [-0.05, 0) is 167 Å². The van der Waals surface area contributed by atoms with E-state index in [1.807, 2.05) is 18.2 Å². The summed E-state index contributed by atoms with van der Waals surface area (Å²) in [6, 6.07) is 50.6. The van der Waals surface area contributed by atoms with Crippen LogP contribution in [0, 0.1) is 5.82 Å². The van der Waals surface area contributed by atoms with Crippen LogP contribution in [0.25, 0.3) is 11.1 Å². The summed E-state index contributed by atoms with van der Waals surface area (Å²) in [5, 5.41) is 11.6. The van der Waals surface area contributed by atoms with Gasteiger partial charge in [0, 0.05) is 49.5 Å². The van der Waals surface area contributed by atoms with Crippen molar-refractivity contribution >= 4 is 50.1 Å². The van der Waals surface area contributed by atoms with Crippen LogP contribution in [-0.2, 0) is 32.5 Å². The quantitative estimate of drug-likeness (QED) is 0.156. The van der Waals surface area contributed by atoms with Crippen LogP contribution in [-0.4, -0.2) is 5.11 Å². The van der Waals surface area contributed by atoms with Gasteiger partial charge in [0.05, 0.1) is 5.69 Å². The van der Waals surface area contributed by atoms with Gasteiger partial charge in [0.25, 0.3) is 0 Å².